The number of unbranched alkanes of at least 4 members (excludes halogenated alkanes) is 1. The van der Waals surface area contributed by atoms with Gasteiger partial charge in [0.05, 0.1) is 28.4 Å². The van der Waals surface area contributed by atoms with Crippen LogP contribution < -0.4 is 18.9 Å². The van der Waals surface area contributed by atoms with E-state index in [0.29, 0.717) is 35.2 Å². The first-order valence-corrected chi connectivity index (χ1v) is 11.8. The quantitative estimate of drug-likeness (QED) is 0.561. The van der Waals surface area contributed by atoms with Gasteiger partial charge < -0.3 is 18.9 Å². The number of piperidine rings is 1. The standard InChI is InChI=1S/C27H35NO5/c1-6-7-8-18-15-28-16-21(17-9-10-24(30-2)25(11-17)31-3)19-12-26(32-4)27(33-5)13-20(19)22(28)14-23(18)29/h9-13,18,21-22H,6-8,14-16H2,1-5H3. The van der Waals surface area contributed by atoms with E-state index in [0.717, 1.165) is 43.5 Å². The lowest BCUT2D eigenvalue weighted by atomic mass is 9.76. The van der Waals surface area contributed by atoms with Gasteiger partial charge in [0.25, 0.3) is 0 Å². The third kappa shape index (κ3) is 4.41. The number of carbonyl (C=O) groups is 1. The monoisotopic (exact) mass is 453 g/mol. The van der Waals surface area contributed by atoms with E-state index in [9.17, 15) is 4.79 Å². The highest BCUT2D eigenvalue weighted by Crippen LogP contribution is 2.48. The normalized spacial score (nSPS) is 22.3. The lowest BCUT2D eigenvalue weighted by Crippen LogP contribution is -2.47. The maximum Gasteiger partial charge on any atom is 0.161 e. The molecule has 0 aliphatic carbocycles. The van der Waals surface area contributed by atoms with Crippen LogP contribution in [0.25, 0.3) is 0 Å². The molecule has 4 rings (SSSR count). The van der Waals surface area contributed by atoms with E-state index in [1.165, 1.54) is 5.56 Å². The van der Waals surface area contributed by atoms with Gasteiger partial charge in [0.1, 0.15) is 5.78 Å². The van der Waals surface area contributed by atoms with Crippen molar-refractivity contribution >= 4 is 5.78 Å². The number of ether oxygens (including phenoxy) is 4. The molecule has 2 aromatic carbocycles. The molecule has 0 radical (unpaired) electrons. The first kappa shape index (κ1) is 23.4. The molecule has 0 aromatic heterocycles. The third-order valence-electron chi connectivity index (χ3n) is 7.20. The lowest BCUT2D eigenvalue weighted by Gasteiger charge is -2.46. The Kier molecular flexibility index (Phi) is 7.13. The van der Waals surface area contributed by atoms with Gasteiger partial charge in [-0.05, 0) is 47.4 Å². The number of ketones is 1. The fourth-order valence-electron chi connectivity index (χ4n) is 5.40. The van der Waals surface area contributed by atoms with Crippen molar-refractivity contribution in [3.63, 3.8) is 0 Å². The zero-order valence-corrected chi connectivity index (χ0v) is 20.3. The molecule has 0 N–H and O–H groups in total. The van der Waals surface area contributed by atoms with Crippen molar-refractivity contribution in [2.24, 2.45) is 5.92 Å². The molecule has 6 heteroatoms. The number of benzene rings is 2. The Morgan fingerprint density at radius 2 is 1.48 bits per heavy atom. The molecule has 0 amide bonds. The van der Waals surface area contributed by atoms with Crippen molar-refractivity contribution in [1.82, 2.24) is 4.90 Å². The molecule has 6 nitrogen and oxygen atoms in total. The van der Waals surface area contributed by atoms with E-state index >= 15 is 0 Å². The summed E-state index contributed by atoms with van der Waals surface area (Å²) in [5.74, 6) is 3.46. The summed E-state index contributed by atoms with van der Waals surface area (Å²) >= 11 is 0. The number of fused-ring (bicyclic) bond motifs is 3. The van der Waals surface area contributed by atoms with E-state index in [1.807, 2.05) is 6.07 Å². The lowest BCUT2D eigenvalue weighted by molar-refractivity contribution is -0.129. The van der Waals surface area contributed by atoms with Gasteiger partial charge in [-0.15, -0.1) is 0 Å². The van der Waals surface area contributed by atoms with E-state index in [4.69, 9.17) is 18.9 Å². The van der Waals surface area contributed by atoms with Crippen molar-refractivity contribution in [2.75, 3.05) is 41.5 Å². The summed E-state index contributed by atoms with van der Waals surface area (Å²) in [5.41, 5.74) is 3.49. The fraction of sp³-hybridized carbons (Fsp3) is 0.519. The second-order valence-electron chi connectivity index (χ2n) is 8.98. The van der Waals surface area contributed by atoms with Crippen LogP contribution in [0.5, 0.6) is 23.0 Å². The highest BCUT2D eigenvalue weighted by Gasteiger charge is 2.41. The molecule has 2 aromatic rings. The van der Waals surface area contributed by atoms with Crippen LogP contribution >= 0.6 is 0 Å². The van der Waals surface area contributed by atoms with E-state index < -0.39 is 0 Å². The number of nitrogens with zero attached hydrogens (tertiary/aromatic N) is 1. The van der Waals surface area contributed by atoms with Gasteiger partial charge in [-0.25, -0.2) is 0 Å². The molecule has 2 heterocycles. The average Bonchev–Trinajstić information content (AvgIpc) is 2.85. The molecular weight excluding hydrogens is 418 g/mol. The van der Waals surface area contributed by atoms with Gasteiger partial charge in [0.2, 0.25) is 0 Å². The van der Waals surface area contributed by atoms with Gasteiger partial charge in [0.15, 0.2) is 23.0 Å². The largest absolute Gasteiger partial charge is 0.493 e. The van der Waals surface area contributed by atoms with E-state index in [-0.39, 0.29) is 17.9 Å². The molecule has 3 atom stereocenters. The Labute approximate surface area is 196 Å². The van der Waals surface area contributed by atoms with Gasteiger partial charge >= 0.3 is 0 Å². The number of rotatable bonds is 8. The first-order chi connectivity index (χ1) is 16.0. The van der Waals surface area contributed by atoms with Crippen molar-refractivity contribution < 1.29 is 23.7 Å². The molecular formula is C27H35NO5. The summed E-state index contributed by atoms with van der Waals surface area (Å²) in [5, 5.41) is 0. The van der Waals surface area contributed by atoms with Crippen molar-refractivity contribution in [1.29, 1.82) is 0 Å². The summed E-state index contributed by atoms with van der Waals surface area (Å²) < 4.78 is 22.3. The Morgan fingerprint density at radius 3 is 2.12 bits per heavy atom. The zero-order valence-electron chi connectivity index (χ0n) is 20.3. The maximum atomic E-state index is 13.0. The zero-order chi connectivity index (χ0) is 23.5. The van der Waals surface area contributed by atoms with Crippen LogP contribution in [0.4, 0.5) is 0 Å². The fourth-order valence-corrected chi connectivity index (χ4v) is 5.40. The van der Waals surface area contributed by atoms with Crippen LogP contribution in [0.15, 0.2) is 30.3 Å². The van der Waals surface area contributed by atoms with Crippen molar-refractivity contribution in [3.8, 4) is 23.0 Å². The minimum atomic E-state index is 0.0709. The van der Waals surface area contributed by atoms with Gasteiger partial charge in [-0.1, -0.05) is 25.8 Å². The Balaban J connectivity index is 1.80. The Hall–Kier alpha value is -2.73. The summed E-state index contributed by atoms with van der Waals surface area (Å²) in [6.45, 7) is 3.83. The summed E-state index contributed by atoms with van der Waals surface area (Å²) in [6, 6.07) is 10.4. The third-order valence-corrected chi connectivity index (χ3v) is 7.20. The molecule has 2 aliphatic heterocycles. The molecule has 1 saturated heterocycles. The Bertz CT molecular complexity index is 1000. The van der Waals surface area contributed by atoms with Crippen molar-refractivity contribution in [2.45, 2.75) is 44.6 Å². The van der Waals surface area contributed by atoms with Crippen LogP contribution in [0.1, 0.15) is 61.3 Å². The molecule has 33 heavy (non-hydrogen) atoms. The SMILES string of the molecule is CCCCC1CN2CC(c3ccc(OC)c(OC)c3)c3cc(OC)c(OC)cc3C2CC1=O. The summed E-state index contributed by atoms with van der Waals surface area (Å²) in [4.78, 5) is 15.5. The van der Waals surface area contributed by atoms with Crippen LogP contribution in [0.2, 0.25) is 0 Å². The number of methoxy groups -OCH3 is 4. The van der Waals surface area contributed by atoms with Gasteiger partial charge in [-0.3, -0.25) is 9.69 Å². The minimum absolute atomic E-state index is 0.0709. The van der Waals surface area contributed by atoms with E-state index in [2.05, 4.69) is 36.1 Å². The highest BCUT2D eigenvalue weighted by molar-refractivity contribution is 5.83. The molecule has 0 saturated carbocycles. The second-order valence-corrected chi connectivity index (χ2v) is 8.98. The molecule has 0 spiro atoms. The number of hydrogen-bond donors (Lipinski definition) is 0. The molecule has 178 valence electrons. The number of hydrogen-bond acceptors (Lipinski definition) is 6. The van der Waals surface area contributed by atoms with Crippen molar-refractivity contribution in [3.05, 3.63) is 47.0 Å². The predicted octanol–water partition coefficient (Wildman–Crippen LogP) is 4.99. The molecule has 3 unspecified atom stereocenters. The van der Waals surface area contributed by atoms with Crippen LogP contribution in [-0.2, 0) is 4.79 Å². The first-order valence-electron chi connectivity index (χ1n) is 11.8. The minimum Gasteiger partial charge on any atom is -0.493 e. The number of Topliss-reactive ketones (excluding diaryl/α,β-unsaturated/α-hetero) is 1. The molecule has 1 fully saturated rings. The highest BCUT2D eigenvalue weighted by atomic mass is 16.5. The molecule has 2 aliphatic rings. The van der Waals surface area contributed by atoms with Gasteiger partial charge in [-0.2, -0.15) is 0 Å². The number of carbonyl (C=O) groups excluding carboxylic acids is 1. The topological polar surface area (TPSA) is 57.2 Å². The predicted molar refractivity (Wildman–Crippen MR) is 128 cm³/mol. The van der Waals surface area contributed by atoms with Gasteiger partial charge in [0, 0.05) is 37.4 Å². The smallest absolute Gasteiger partial charge is 0.161 e. The van der Waals surface area contributed by atoms with Crippen LogP contribution in [-0.4, -0.2) is 52.2 Å². The average molecular weight is 454 g/mol. The molecule has 0 bridgehead atoms. The maximum absolute atomic E-state index is 13.0. The Morgan fingerprint density at radius 1 is 0.848 bits per heavy atom. The van der Waals surface area contributed by atoms with Crippen LogP contribution in [0.3, 0.4) is 0 Å². The second kappa shape index (κ2) is 10.0. The summed E-state index contributed by atoms with van der Waals surface area (Å²) in [6.07, 6.45) is 3.73. The van der Waals surface area contributed by atoms with Crippen LogP contribution in [0, 0.1) is 5.92 Å². The summed E-state index contributed by atoms with van der Waals surface area (Å²) in [7, 11) is 6.63. The van der Waals surface area contributed by atoms with E-state index in [1.54, 1.807) is 28.4 Å².